The van der Waals surface area contributed by atoms with Crippen LogP contribution in [0.5, 0.6) is 0 Å². The Balaban J connectivity index is 0.000000257. The van der Waals surface area contributed by atoms with Crippen molar-refractivity contribution in [3.05, 3.63) is 71.3 Å². The van der Waals surface area contributed by atoms with Crippen LogP contribution in [-0.4, -0.2) is 67.2 Å². The Bertz CT molecular complexity index is 852. The number of benzene rings is 2. The van der Waals surface area contributed by atoms with Crippen LogP contribution < -0.4 is 0 Å². The number of hydrogen-bond donors (Lipinski definition) is 5. The van der Waals surface area contributed by atoms with E-state index in [4.69, 9.17) is 20.4 Å². The van der Waals surface area contributed by atoms with E-state index in [-0.39, 0.29) is 6.04 Å². The molecule has 2 aromatic carbocycles. The predicted octanol–water partition coefficient (Wildman–Crippen LogP) is 1.19. The van der Waals surface area contributed by atoms with Crippen molar-refractivity contribution >= 4 is 18.0 Å². The molecule has 1 aliphatic rings. The number of rotatable bonds is 4. The number of aliphatic hydroxyl groups excluding tert-OH is 2. The fourth-order valence-corrected chi connectivity index (χ4v) is 3.04. The van der Waals surface area contributed by atoms with E-state index < -0.39 is 30.2 Å². The van der Waals surface area contributed by atoms with E-state index in [1.54, 1.807) is 0 Å². The van der Waals surface area contributed by atoms with Gasteiger partial charge in [-0.1, -0.05) is 54.6 Å². The normalized spacial score (nSPS) is 17.2. The molecule has 0 bridgehead atoms. The van der Waals surface area contributed by atoms with E-state index in [0.29, 0.717) is 6.54 Å². The maximum absolute atomic E-state index is 11.5. The zero-order chi connectivity index (χ0) is 21.6. The zero-order valence-electron chi connectivity index (χ0n) is 15.3. The Labute approximate surface area is 166 Å². The van der Waals surface area contributed by atoms with E-state index in [1.165, 1.54) is 10.5 Å². The highest BCUT2D eigenvalue weighted by Crippen LogP contribution is 2.34. The molecule has 5 N–H and O–H groups in total. The molecule has 2 aromatic rings. The lowest BCUT2D eigenvalue weighted by Crippen LogP contribution is -2.39. The monoisotopic (exact) mass is 403 g/mol. The third kappa shape index (κ3) is 5.31. The minimum Gasteiger partial charge on any atom is -0.479 e. The molecule has 9 nitrogen and oxygen atoms in total. The number of carbonyl (C=O) groups is 3. The maximum Gasteiger partial charge on any atom is 0.408 e. The molecule has 1 amide bonds. The van der Waals surface area contributed by atoms with Gasteiger partial charge in [0.2, 0.25) is 0 Å². The summed E-state index contributed by atoms with van der Waals surface area (Å²) in [6.07, 6.45) is -4.61. The van der Waals surface area contributed by atoms with Gasteiger partial charge in [-0.15, -0.1) is 0 Å². The molecule has 3 rings (SSSR count). The molecule has 0 fully saturated rings. The molecule has 1 aliphatic heterocycles. The Morgan fingerprint density at radius 3 is 1.86 bits per heavy atom. The first-order chi connectivity index (χ1) is 13.7. The summed E-state index contributed by atoms with van der Waals surface area (Å²) in [5, 5.41) is 41.9. The summed E-state index contributed by atoms with van der Waals surface area (Å²) in [5.74, 6) is -3.54. The zero-order valence-corrected chi connectivity index (χ0v) is 15.3. The van der Waals surface area contributed by atoms with Crippen molar-refractivity contribution in [1.29, 1.82) is 0 Å². The van der Waals surface area contributed by atoms with Crippen LogP contribution in [0.4, 0.5) is 4.79 Å². The molecule has 0 aliphatic carbocycles. The molecule has 3 atom stereocenters. The number of carboxylic acid groups (broad SMARTS) is 3. The Kier molecular flexibility index (Phi) is 7.29. The van der Waals surface area contributed by atoms with Crippen molar-refractivity contribution < 1.29 is 39.9 Å². The van der Waals surface area contributed by atoms with E-state index in [2.05, 4.69) is 6.07 Å². The third-order valence-corrected chi connectivity index (χ3v) is 4.45. The Morgan fingerprint density at radius 2 is 1.34 bits per heavy atom. The first-order valence-corrected chi connectivity index (χ1v) is 8.68. The fraction of sp³-hybridized carbons (Fsp3) is 0.250. The lowest BCUT2D eigenvalue weighted by Gasteiger charge is -2.35. The second-order valence-electron chi connectivity index (χ2n) is 6.30. The number of nitrogens with zero attached hydrogens (tertiary/aromatic N) is 1. The van der Waals surface area contributed by atoms with Gasteiger partial charge in [0.1, 0.15) is 0 Å². The van der Waals surface area contributed by atoms with Crippen molar-refractivity contribution in [2.45, 2.75) is 24.7 Å². The highest BCUT2D eigenvalue weighted by molar-refractivity contribution is 5.83. The van der Waals surface area contributed by atoms with Crippen LogP contribution in [0.1, 0.15) is 22.7 Å². The van der Waals surface area contributed by atoms with E-state index in [9.17, 15) is 19.5 Å². The number of hydrogen-bond acceptors (Lipinski definition) is 5. The van der Waals surface area contributed by atoms with E-state index >= 15 is 0 Å². The minimum atomic E-state index is -2.27. The van der Waals surface area contributed by atoms with Crippen LogP contribution >= 0.6 is 0 Å². The van der Waals surface area contributed by atoms with Gasteiger partial charge >= 0.3 is 18.0 Å². The van der Waals surface area contributed by atoms with Gasteiger partial charge in [0.15, 0.2) is 12.2 Å². The van der Waals surface area contributed by atoms with Gasteiger partial charge in [-0.2, -0.15) is 0 Å². The quantitative estimate of drug-likeness (QED) is 0.510. The molecular formula is C20H21NO8. The van der Waals surface area contributed by atoms with Crippen LogP contribution in [0.3, 0.4) is 0 Å². The number of carboxylic acids is 2. The number of aliphatic carboxylic acids is 2. The van der Waals surface area contributed by atoms with Crippen LogP contribution in [0.2, 0.25) is 0 Å². The fourth-order valence-electron chi connectivity index (χ4n) is 3.04. The van der Waals surface area contributed by atoms with Gasteiger partial charge in [-0.3, -0.25) is 4.90 Å². The summed E-state index contributed by atoms with van der Waals surface area (Å²) in [6.45, 7) is 0.548. The molecule has 0 radical (unpaired) electrons. The molecule has 3 unspecified atom stereocenters. The summed E-state index contributed by atoms with van der Waals surface area (Å²) in [4.78, 5) is 32.5. The third-order valence-electron chi connectivity index (χ3n) is 4.45. The largest absolute Gasteiger partial charge is 0.479 e. The average Bonchev–Trinajstić information content (AvgIpc) is 2.72. The van der Waals surface area contributed by atoms with Gasteiger partial charge in [0.25, 0.3) is 0 Å². The molecule has 1 heterocycles. The summed E-state index contributed by atoms with van der Waals surface area (Å²) in [5.41, 5.74) is 3.37. The first-order valence-electron chi connectivity index (χ1n) is 8.68. The molecule has 0 saturated carbocycles. The van der Waals surface area contributed by atoms with E-state index in [1.807, 2.05) is 48.5 Å². The highest BCUT2D eigenvalue weighted by atomic mass is 16.4. The molecule has 29 heavy (non-hydrogen) atoms. The van der Waals surface area contributed by atoms with Crippen LogP contribution in [0, 0.1) is 0 Å². The lowest BCUT2D eigenvalue weighted by atomic mass is 9.88. The molecule has 9 heteroatoms. The van der Waals surface area contributed by atoms with Gasteiger partial charge in [-0.05, 0) is 23.1 Å². The van der Waals surface area contributed by atoms with E-state index in [0.717, 1.165) is 17.5 Å². The summed E-state index contributed by atoms with van der Waals surface area (Å²) in [7, 11) is 0. The Morgan fingerprint density at radius 1 is 0.828 bits per heavy atom. The lowest BCUT2D eigenvalue weighted by molar-refractivity contribution is -0.165. The second-order valence-corrected chi connectivity index (χ2v) is 6.30. The van der Waals surface area contributed by atoms with Crippen molar-refractivity contribution in [1.82, 2.24) is 4.90 Å². The smallest absolute Gasteiger partial charge is 0.408 e. The maximum atomic E-state index is 11.5. The van der Waals surface area contributed by atoms with Gasteiger partial charge in [0.05, 0.1) is 6.04 Å². The second kappa shape index (κ2) is 9.67. The van der Waals surface area contributed by atoms with Crippen molar-refractivity contribution in [2.75, 3.05) is 6.54 Å². The number of amides is 1. The van der Waals surface area contributed by atoms with Crippen molar-refractivity contribution in [3.63, 3.8) is 0 Å². The SMILES string of the molecule is O=C(O)C(O)C(O)C(=O)O.O=C(O)N1CCc2ccccc2C1c1ccccc1. The van der Waals surface area contributed by atoms with Crippen molar-refractivity contribution in [2.24, 2.45) is 0 Å². The first kappa shape index (κ1) is 21.9. The molecule has 0 aromatic heterocycles. The molecule has 0 saturated heterocycles. The van der Waals surface area contributed by atoms with Gasteiger partial charge < -0.3 is 25.5 Å². The topological polar surface area (TPSA) is 156 Å². The van der Waals surface area contributed by atoms with Crippen LogP contribution in [0.25, 0.3) is 0 Å². The Hall–Kier alpha value is -3.43. The predicted molar refractivity (Wildman–Crippen MR) is 100 cm³/mol. The summed E-state index contributed by atoms with van der Waals surface area (Å²) < 4.78 is 0. The number of fused-ring (bicyclic) bond motifs is 1. The summed E-state index contributed by atoms with van der Waals surface area (Å²) >= 11 is 0. The highest BCUT2D eigenvalue weighted by Gasteiger charge is 2.31. The molecule has 0 spiro atoms. The van der Waals surface area contributed by atoms with Crippen LogP contribution in [-0.2, 0) is 16.0 Å². The van der Waals surface area contributed by atoms with Crippen molar-refractivity contribution in [3.8, 4) is 0 Å². The van der Waals surface area contributed by atoms with Crippen LogP contribution in [0.15, 0.2) is 54.6 Å². The molecular weight excluding hydrogens is 382 g/mol. The number of aliphatic hydroxyl groups is 2. The standard InChI is InChI=1S/C16H15NO2.C4H6O6/c18-16(19)17-11-10-12-6-4-5-9-14(12)15(17)13-7-2-1-3-8-13;5-1(3(7)8)2(6)4(9)10/h1-9,15H,10-11H2,(H,18,19);1-2,5-6H,(H,7,8)(H,9,10). The summed E-state index contributed by atoms with van der Waals surface area (Å²) in [6, 6.07) is 17.7. The van der Waals surface area contributed by atoms with Gasteiger partial charge in [0, 0.05) is 6.54 Å². The average molecular weight is 403 g/mol. The van der Waals surface area contributed by atoms with Gasteiger partial charge in [-0.25, -0.2) is 14.4 Å². The minimum absolute atomic E-state index is 0.191. The molecule has 154 valence electrons.